The van der Waals surface area contributed by atoms with Gasteiger partial charge in [0.15, 0.2) is 0 Å². The molecule has 2 aromatic heterocycles. The number of nitrogens with zero attached hydrogens (tertiary/aromatic N) is 1. The lowest BCUT2D eigenvalue weighted by Crippen LogP contribution is -1.89. The van der Waals surface area contributed by atoms with Crippen LogP contribution in [0.1, 0.15) is 6.92 Å². The summed E-state index contributed by atoms with van der Waals surface area (Å²) in [6.07, 6.45) is 2.17. The third-order valence-electron chi connectivity index (χ3n) is 2.71. The molecule has 3 aromatic rings. The van der Waals surface area contributed by atoms with Crippen LogP contribution >= 0.6 is 11.3 Å². The summed E-state index contributed by atoms with van der Waals surface area (Å²) in [5.41, 5.74) is 1.35. The molecule has 2 heteroatoms. The molecule has 0 spiro atoms. The van der Waals surface area contributed by atoms with Gasteiger partial charge in [0.05, 0.1) is 0 Å². The van der Waals surface area contributed by atoms with Gasteiger partial charge in [-0.1, -0.05) is 6.07 Å². The average molecular weight is 201 g/mol. The summed E-state index contributed by atoms with van der Waals surface area (Å²) < 4.78 is 3.70. The fourth-order valence-electron chi connectivity index (χ4n) is 1.98. The predicted molar refractivity (Wildman–Crippen MR) is 63.0 cm³/mol. The maximum atomic E-state index is 2.29. The van der Waals surface area contributed by atoms with Gasteiger partial charge in [-0.25, -0.2) is 0 Å². The van der Waals surface area contributed by atoms with E-state index < -0.39 is 0 Å². The maximum Gasteiger partial charge on any atom is 0.0494 e. The Morgan fingerprint density at radius 1 is 1.21 bits per heavy atom. The van der Waals surface area contributed by atoms with Crippen molar-refractivity contribution in [2.45, 2.75) is 13.5 Å². The summed E-state index contributed by atoms with van der Waals surface area (Å²) in [6, 6.07) is 8.83. The maximum absolute atomic E-state index is 2.29. The van der Waals surface area contributed by atoms with E-state index in [1.807, 2.05) is 11.3 Å². The molecule has 0 amide bonds. The molecule has 1 aromatic carbocycles. The number of benzene rings is 1. The SMILES string of the molecule is CCn1ccc2c3sccc3ccc21. The first kappa shape index (κ1) is 8.06. The highest BCUT2D eigenvalue weighted by Crippen LogP contribution is 2.30. The third kappa shape index (κ3) is 0.946. The number of aromatic nitrogens is 1. The van der Waals surface area contributed by atoms with Crippen LogP contribution in [-0.4, -0.2) is 4.57 Å². The van der Waals surface area contributed by atoms with Crippen molar-refractivity contribution < 1.29 is 0 Å². The third-order valence-corrected chi connectivity index (χ3v) is 3.67. The van der Waals surface area contributed by atoms with Crippen molar-refractivity contribution in [3.05, 3.63) is 35.8 Å². The van der Waals surface area contributed by atoms with Crippen LogP contribution in [-0.2, 0) is 6.54 Å². The molecule has 0 fully saturated rings. The minimum absolute atomic E-state index is 1.04. The summed E-state index contributed by atoms with van der Waals surface area (Å²) in [5, 5.41) is 4.91. The molecule has 0 aliphatic heterocycles. The second-order valence-corrected chi connectivity index (χ2v) is 4.36. The van der Waals surface area contributed by atoms with Crippen LogP contribution in [0.4, 0.5) is 0 Å². The van der Waals surface area contributed by atoms with Gasteiger partial charge in [0.2, 0.25) is 0 Å². The van der Waals surface area contributed by atoms with E-state index in [1.165, 1.54) is 21.0 Å². The molecule has 0 unspecified atom stereocenters. The number of rotatable bonds is 1. The fraction of sp³-hybridized carbons (Fsp3) is 0.167. The molecule has 2 heterocycles. The van der Waals surface area contributed by atoms with E-state index >= 15 is 0 Å². The van der Waals surface area contributed by atoms with Gasteiger partial charge in [-0.05, 0) is 35.9 Å². The van der Waals surface area contributed by atoms with Gasteiger partial charge in [0.1, 0.15) is 0 Å². The Hall–Kier alpha value is -1.28. The minimum atomic E-state index is 1.04. The Morgan fingerprint density at radius 2 is 2.14 bits per heavy atom. The summed E-state index contributed by atoms with van der Waals surface area (Å²) in [4.78, 5) is 0. The first-order chi connectivity index (χ1) is 6.90. The average Bonchev–Trinajstić information content (AvgIpc) is 2.82. The van der Waals surface area contributed by atoms with E-state index in [2.05, 4.69) is 47.3 Å². The van der Waals surface area contributed by atoms with Gasteiger partial charge in [-0.3, -0.25) is 0 Å². The van der Waals surface area contributed by atoms with Crippen molar-refractivity contribution in [3.63, 3.8) is 0 Å². The standard InChI is InChI=1S/C12H11NS/c1-2-13-7-5-10-11(13)4-3-9-6-8-14-12(9)10/h3-8H,2H2,1H3. The Kier molecular flexibility index (Phi) is 1.64. The van der Waals surface area contributed by atoms with Gasteiger partial charge < -0.3 is 4.57 Å². The smallest absolute Gasteiger partial charge is 0.0494 e. The van der Waals surface area contributed by atoms with Crippen molar-refractivity contribution in [1.29, 1.82) is 0 Å². The van der Waals surface area contributed by atoms with E-state index in [1.54, 1.807) is 0 Å². The van der Waals surface area contributed by atoms with Crippen molar-refractivity contribution in [2.75, 3.05) is 0 Å². The monoisotopic (exact) mass is 201 g/mol. The lowest BCUT2D eigenvalue weighted by atomic mass is 10.2. The van der Waals surface area contributed by atoms with Crippen molar-refractivity contribution in [3.8, 4) is 0 Å². The van der Waals surface area contributed by atoms with Gasteiger partial charge in [0.25, 0.3) is 0 Å². The van der Waals surface area contributed by atoms with Crippen LogP contribution in [0.5, 0.6) is 0 Å². The molecule has 0 saturated carbocycles. The van der Waals surface area contributed by atoms with E-state index in [0.29, 0.717) is 0 Å². The molecule has 70 valence electrons. The zero-order valence-electron chi connectivity index (χ0n) is 8.03. The van der Waals surface area contributed by atoms with Gasteiger partial charge >= 0.3 is 0 Å². The van der Waals surface area contributed by atoms with Crippen LogP contribution < -0.4 is 0 Å². The van der Waals surface area contributed by atoms with Gasteiger partial charge in [-0.15, -0.1) is 11.3 Å². The first-order valence-electron chi connectivity index (χ1n) is 4.85. The van der Waals surface area contributed by atoms with E-state index in [4.69, 9.17) is 0 Å². The van der Waals surface area contributed by atoms with Crippen LogP contribution in [0.15, 0.2) is 35.8 Å². The van der Waals surface area contributed by atoms with Crippen LogP contribution in [0.2, 0.25) is 0 Å². The minimum Gasteiger partial charge on any atom is -0.348 e. The summed E-state index contributed by atoms with van der Waals surface area (Å²) in [6.45, 7) is 3.22. The van der Waals surface area contributed by atoms with E-state index in [0.717, 1.165) is 6.54 Å². The topological polar surface area (TPSA) is 4.93 Å². The molecule has 3 rings (SSSR count). The van der Waals surface area contributed by atoms with Crippen molar-refractivity contribution >= 4 is 32.3 Å². The van der Waals surface area contributed by atoms with Crippen LogP contribution in [0.3, 0.4) is 0 Å². The summed E-state index contributed by atoms with van der Waals surface area (Å²) in [7, 11) is 0. The lowest BCUT2D eigenvalue weighted by Gasteiger charge is -2.00. The first-order valence-corrected chi connectivity index (χ1v) is 5.73. The summed E-state index contributed by atoms with van der Waals surface area (Å²) in [5.74, 6) is 0. The largest absolute Gasteiger partial charge is 0.348 e. The Balaban J connectivity index is 2.52. The molecule has 0 radical (unpaired) electrons. The van der Waals surface area contributed by atoms with Gasteiger partial charge in [0, 0.05) is 28.3 Å². The molecule has 0 atom stereocenters. The molecule has 0 saturated heterocycles. The van der Waals surface area contributed by atoms with Crippen molar-refractivity contribution in [2.24, 2.45) is 0 Å². The number of hydrogen-bond acceptors (Lipinski definition) is 1. The highest BCUT2D eigenvalue weighted by molar-refractivity contribution is 7.18. The Bertz CT molecular complexity index is 588. The zero-order chi connectivity index (χ0) is 9.54. The number of fused-ring (bicyclic) bond motifs is 3. The van der Waals surface area contributed by atoms with Gasteiger partial charge in [-0.2, -0.15) is 0 Å². The second-order valence-electron chi connectivity index (χ2n) is 3.44. The zero-order valence-corrected chi connectivity index (χ0v) is 8.84. The molecule has 0 bridgehead atoms. The molecule has 14 heavy (non-hydrogen) atoms. The lowest BCUT2D eigenvalue weighted by molar-refractivity contribution is 0.798. The molecule has 0 aliphatic carbocycles. The Labute approximate surface area is 86.6 Å². The van der Waals surface area contributed by atoms with E-state index in [-0.39, 0.29) is 0 Å². The number of hydrogen-bond donors (Lipinski definition) is 0. The normalized spacial score (nSPS) is 11.5. The second kappa shape index (κ2) is 2.85. The van der Waals surface area contributed by atoms with Crippen molar-refractivity contribution in [1.82, 2.24) is 4.57 Å². The quantitative estimate of drug-likeness (QED) is 0.563. The number of aryl methyl sites for hydroxylation is 1. The highest BCUT2D eigenvalue weighted by atomic mass is 32.1. The van der Waals surface area contributed by atoms with Crippen LogP contribution in [0.25, 0.3) is 21.0 Å². The molecule has 0 aliphatic rings. The molecular formula is C12H11NS. The van der Waals surface area contributed by atoms with Crippen LogP contribution in [0, 0.1) is 0 Å². The molecular weight excluding hydrogens is 190 g/mol. The predicted octanol–water partition coefficient (Wildman–Crippen LogP) is 3.88. The fourth-order valence-corrected chi connectivity index (χ4v) is 2.90. The Morgan fingerprint density at radius 3 is 3.00 bits per heavy atom. The molecule has 1 nitrogen and oxygen atoms in total. The van der Waals surface area contributed by atoms with E-state index in [9.17, 15) is 0 Å². The highest BCUT2D eigenvalue weighted by Gasteiger charge is 2.04. The summed E-state index contributed by atoms with van der Waals surface area (Å²) >= 11 is 1.83. The molecule has 0 N–H and O–H groups in total. The number of thiophene rings is 1.